The Morgan fingerprint density at radius 3 is 2.39 bits per heavy atom. The van der Waals surface area contributed by atoms with Crippen LogP contribution in [-0.4, -0.2) is 36.5 Å². The number of anilines is 1. The first-order valence-electron chi connectivity index (χ1n) is 8.09. The molecule has 2 N–H and O–H groups in total. The SMILES string of the molecule is COc1ccc(OC)c2c(C)cc(NC3CCC(O)CC3)nc12. The van der Waals surface area contributed by atoms with Gasteiger partial charge in [-0.15, -0.1) is 0 Å². The third-order valence-corrected chi connectivity index (χ3v) is 4.57. The van der Waals surface area contributed by atoms with E-state index in [9.17, 15) is 5.11 Å². The molecule has 3 rings (SSSR count). The molecule has 5 heteroatoms. The summed E-state index contributed by atoms with van der Waals surface area (Å²) in [4.78, 5) is 4.75. The molecule has 0 unspecified atom stereocenters. The summed E-state index contributed by atoms with van der Waals surface area (Å²) < 4.78 is 10.9. The standard InChI is InChI=1S/C18H24N2O3/c1-11-10-16(19-12-4-6-13(21)7-5-12)20-18-15(23-3)9-8-14(22-2)17(11)18/h8-10,12-13,21H,4-7H2,1-3H3,(H,19,20). The monoisotopic (exact) mass is 316 g/mol. The van der Waals surface area contributed by atoms with Crippen LogP contribution in [0, 0.1) is 6.92 Å². The normalized spacial score (nSPS) is 21.2. The minimum absolute atomic E-state index is 0.149. The highest BCUT2D eigenvalue weighted by Gasteiger charge is 2.20. The molecule has 0 saturated heterocycles. The van der Waals surface area contributed by atoms with Gasteiger partial charge in [0.2, 0.25) is 0 Å². The summed E-state index contributed by atoms with van der Waals surface area (Å²) in [5.74, 6) is 2.40. The van der Waals surface area contributed by atoms with E-state index in [4.69, 9.17) is 14.5 Å². The second-order valence-corrected chi connectivity index (χ2v) is 6.17. The van der Waals surface area contributed by atoms with Crippen molar-refractivity contribution in [3.8, 4) is 11.5 Å². The van der Waals surface area contributed by atoms with Gasteiger partial charge in [-0.1, -0.05) is 0 Å². The summed E-state index contributed by atoms with van der Waals surface area (Å²) in [7, 11) is 3.32. The number of fused-ring (bicyclic) bond motifs is 1. The highest BCUT2D eigenvalue weighted by Crippen LogP contribution is 2.35. The van der Waals surface area contributed by atoms with Gasteiger partial charge in [-0.25, -0.2) is 4.98 Å². The summed E-state index contributed by atoms with van der Waals surface area (Å²) in [5, 5.41) is 14.1. The molecule has 0 spiro atoms. The number of aromatic nitrogens is 1. The maximum atomic E-state index is 9.63. The quantitative estimate of drug-likeness (QED) is 0.906. The summed E-state index contributed by atoms with van der Waals surface area (Å²) in [6.07, 6.45) is 3.48. The molecule has 124 valence electrons. The van der Waals surface area contributed by atoms with Crippen LogP contribution in [0.2, 0.25) is 0 Å². The van der Waals surface area contributed by atoms with Crippen LogP contribution >= 0.6 is 0 Å². The Labute approximate surface area is 136 Å². The van der Waals surface area contributed by atoms with Crippen LogP contribution in [0.4, 0.5) is 5.82 Å². The van der Waals surface area contributed by atoms with Gasteiger partial charge in [0.25, 0.3) is 0 Å². The van der Waals surface area contributed by atoms with Gasteiger partial charge in [0.05, 0.1) is 20.3 Å². The predicted octanol–water partition coefficient (Wildman–Crippen LogP) is 3.28. The molecule has 0 bridgehead atoms. The van der Waals surface area contributed by atoms with Crippen LogP contribution in [0.15, 0.2) is 18.2 Å². The molecule has 1 fully saturated rings. The molecule has 2 aromatic rings. The highest BCUT2D eigenvalue weighted by atomic mass is 16.5. The number of hydrogen-bond acceptors (Lipinski definition) is 5. The number of pyridine rings is 1. The first-order chi connectivity index (χ1) is 11.1. The molecule has 1 aliphatic carbocycles. The third kappa shape index (κ3) is 3.20. The zero-order chi connectivity index (χ0) is 16.4. The molecular formula is C18H24N2O3. The van der Waals surface area contributed by atoms with Crippen LogP contribution in [0.5, 0.6) is 11.5 Å². The van der Waals surface area contributed by atoms with E-state index in [0.29, 0.717) is 6.04 Å². The molecule has 0 radical (unpaired) electrons. The second-order valence-electron chi connectivity index (χ2n) is 6.17. The van der Waals surface area contributed by atoms with Gasteiger partial charge in [0.15, 0.2) is 0 Å². The fourth-order valence-corrected chi connectivity index (χ4v) is 3.31. The van der Waals surface area contributed by atoms with E-state index in [1.807, 2.05) is 12.1 Å². The number of aliphatic hydroxyl groups is 1. The number of methoxy groups -OCH3 is 2. The minimum atomic E-state index is -0.149. The van der Waals surface area contributed by atoms with Crippen molar-refractivity contribution < 1.29 is 14.6 Å². The van der Waals surface area contributed by atoms with Crippen molar-refractivity contribution in [2.45, 2.75) is 44.8 Å². The molecule has 1 aromatic heterocycles. The number of ether oxygens (including phenoxy) is 2. The first-order valence-corrected chi connectivity index (χ1v) is 8.09. The number of aryl methyl sites for hydroxylation is 1. The van der Waals surface area contributed by atoms with Crippen molar-refractivity contribution in [3.63, 3.8) is 0 Å². The van der Waals surface area contributed by atoms with Gasteiger partial charge >= 0.3 is 0 Å². The number of nitrogens with one attached hydrogen (secondary N) is 1. The Morgan fingerprint density at radius 1 is 1.09 bits per heavy atom. The van der Waals surface area contributed by atoms with E-state index in [1.54, 1.807) is 14.2 Å². The Morgan fingerprint density at radius 2 is 1.74 bits per heavy atom. The van der Waals surface area contributed by atoms with E-state index in [0.717, 1.165) is 59.5 Å². The molecule has 1 saturated carbocycles. The van der Waals surface area contributed by atoms with E-state index in [-0.39, 0.29) is 6.10 Å². The first kappa shape index (κ1) is 15.9. The van der Waals surface area contributed by atoms with Gasteiger partial charge in [-0.3, -0.25) is 0 Å². The van der Waals surface area contributed by atoms with E-state index < -0.39 is 0 Å². The smallest absolute Gasteiger partial charge is 0.145 e. The number of hydrogen-bond donors (Lipinski definition) is 2. The number of rotatable bonds is 4. The van der Waals surface area contributed by atoms with Crippen molar-refractivity contribution in [2.75, 3.05) is 19.5 Å². The average molecular weight is 316 g/mol. The molecule has 1 heterocycles. The minimum Gasteiger partial charge on any atom is -0.496 e. The zero-order valence-electron chi connectivity index (χ0n) is 13.9. The van der Waals surface area contributed by atoms with Crippen LogP contribution in [0.1, 0.15) is 31.2 Å². The van der Waals surface area contributed by atoms with E-state index >= 15 is 0 Å². The Hall–Kier alpha value is -2.01. The molecular weight excluding hydrogens is 292 g/mol. The predicted molar refractivity (Wildman–Crippen MR) is 91.5 cm³/mol. The van der Waals surface area contributed by atoms with Crippen LogP contribution in [0.25, 0.3) is 10.9 Å². The maximum absolute atomic E-state index is 9.63. The fraction of sp³-hybridized carbons (Fsp3) is 0.500. The Balaban J connectivity index is 1.96. The number of benzene rings is 1. The lowest BCUT2D eigenvalue weighted by Gasteiger charge is -2.27. The lowest BCUT2D eigenvalue weighted by atomic mass is 9.93. The van der Waals surface area contributed by atoms with Gasteiger partial charge in [-0.2, -0.15) is 0 Å². The molecule has 5 nitrogen and oxygen atoms in total. The number of nitrogens with zero attached hydrogens (tertiary/aromatic N) is 1. The van der Waals surface area contributed by atoms with Crippen LogP contribution in [0.3, 0.4) is 0 Å². The van der Waals surface area contributed by atoms with E-state index in [2.05, 4.69) is 18.3 Å². The third-order valence-electron chi connectivity index (χ3n) is 4.57. The van der Waals surface area contributed by atoms with Crippen LogP contribution < -0.4 is 14.8 Å². The van der Waals surface area contributed by atoms with Gasteiger partial charge in [0, 0.05) is 11.4 Å². The van der Waals surface area contributed by atoms with Gasteiger partial charge in [-0.05, 0) is 56.4 Å². The lowest BCUT2D eigenvalue weighted by Crippen LogP contribution is -2.28. The average Bonchev–Trinajstić information content (AvgIpc) is 2.56. The summed E-state index contributed by atoms with van der Waals surface area (Å²) >= 11 is 0. The molecule has 0 atom stereocenters. The van der Waals surface area contributed by atoms with Crippen molar-refractivity contribution in [1.29, 1.82) is 0 Å². The lowest BCUT2D eigenvalue weighted by molar-refractivity contribution is 0.126. The maximum Gasteiger partial charge on any atom is 0.145 e. The summed E-state index contributed by atoms with van der Waals surface area (Å²) in [6, 6.07) is 6.20. The molecule has 1 aliphatic rings. The van der Waals surface area contributed by atoms with Crippen molar-refractivity contribution in [3.05, 3.63) is 23.8 Å². The van der Waals surface area contributed by atoms with E-state index in [1.165, 1.54) is 0 Å². The summed E-state index contributed by atoms with van der Waals surface area (Å²) in [5.41, 5.74) is 1.91. The molecule has 0 aliphatic heterocycles. The van der Waals surface area contributed by atoms with Crippen molar-refractivity contribution >= 4 is 16.7 Å². The zero-order valence-corrected chi connectivity index (χ0v) is 13.9. The van der Waals surface area contributed by atoms with Crippen molar-refractivity contribution in [2.24, 2.45) is 0 Å². The van der Waals surface area contributed by atoms with Crippen molar-refractivity contribution in [1.82, 2.24) is 4.98 Å². The van der Waals surface area contributed by atoms with Crippen LogP contribution in [-0.2, 0) is 0 Å². The van der Waals surface area contributed by atoms with Gasteiger partial charge < -0.3 is 19.9 Å². The highest BCUT2D eigenvalue weighted by molar-refractivity contribution is 5.94. The topological polar surface area (TPSA) is 63.6 Å². The summed E-state index contributed by atoms with van der Waals surface area (Å²) in [6.45, 7) is 2.06. The second kappa shape index (κ2) is 6.62. The largest absolute Gasteiger partial charge is 0.496 e. The molecule has 23 heavy (non-hydrogen) atoms. The Kier molecular flexibility index (Phi) is 4.57. The molecule has 0 amide bonds. The Bertz CT molecular complexity index is 694. The molecule has 1 aromatic carbocycles. The van der Waals surface area contributed by atoms with Gasteiger partial charge in [0.1, 0.15) is 22.8 Å². The number of aliphatic hydroxyl groups excluding tert-OH is 1. The fourth-order valence-electron chi connectivity index (χ4n) is 3.31.